The van der Waals surface area contributed by atoms with Crippen LogP contribution in [-0.4, -0.2) is 19.6 Å². The van der Waals surface area contributed by atoms with E-state index in [0.29, 0.717) is 12.0 Å². The maximum Gasteiger partial charge on any atom is 0.206 e. The molecule has 0 amide bonds. The number of aromatic hydroxyl groups is 1. The zero-order valence-corrected chi connectivity index (χ0v) is 18.3. The first-order valence-electron chi connectivity index (χ1n) is 10.8. The Morgan fingerprint density at radius 3 is 2.14 bits per heavy atom. The fourth-order valence-corrected chi connectivity index (χ4v) is 5.36. The van der Waals surface area contributed by atoms with E-state index in [4.69, 9.17) is 4.74 Å². The van der Waals surface area contributed by atoms with E-state index >= 15 is 0 Å². The SMILES string of the molecule is CCCc1cc(S(=O)(=O)c2ccc(OC3CCCCC3)c(CCC)c2)ccc1O. The van der Waals surface area contributed by atoms with Crippen molar-refractivity contribution in [2.75, 3.05) is 0 Å². The van der Waals surface area contributed by atoms with E-state index in [-0.39, 0.29) is 21.6 Å². The average molecular weight is 417 g/mol. The summed E-state index contributed by atoms with van der Waals surface area (Å²) < 4.78 is 32.7. The molecule has 29 heavy (non-hydrogen) atoms. The van der Waals surface area contributed by atoms with E-state index in [0.717, 1.165) is 43.4 Å². The van der Waals surface area contributed by atoms with Crippen LogP contribution in [0.1, 0.15) is 69.9 Å². The maximum atomic E-state index is 13.2. The molecule has 2 aromatic carbocycles. The molecular weight excluding hydrogens is 384 g/mol. The molecule has 1 aliphatic carbocycles. The molecule has 158 valence electrons. The van der Waals surface area contributed by atoms with Gasteiger partial charge in [-0.25, -0.2) is 8.42 Å². The lowest BCUT2D eigenvalue weighted by Crippen LogP contribution is -2.20. The highest BCUT2D eigenvalue weighted by Gasteiger charge is 2.22. The van der Waals surface area contributed by atoms with Crippen LogP contribution in [0, 0.1) is 0 Å². The predicted molar refractivity (Wildman–Crippen MR) is 115 cm³/mol. The van der Waals surface area contributed by atoms with Gasteiger partial charge in [0.2, 0.25) is 9.84 Å². The van der Waals surface area contributed by atoms with E-state index in [2.05, 4.69) is 6.92 Å². The van der Waals surface area contributed by atoms with Gasteiger partial charge in [-0.05, 0) is 86.1 Å². The van der Waals surface area contributed by atoms with E-state index in [9.17, 15) is 13.5 Å². The Kier molecular flexibility index (Phi) is 7.23. The van der Waals surface area contributed by atoms with Gasteiger partial charge < -0.3 is 9.84 Å². The predicted octanol–water partition coefficient (Wildman–Crippen LogP) is 5.84. The van der Waals surface area contributed by atoms with Gasteiger partial charge in [0, 0.05) is 0 Å². The summed E-state index contributed by atoms with van der Waals surface area (Å²) in [5.41, 5.74) is 1.62. The van der Waals surface area contributed by atoms with Crippen molar-refractivity contribution < 1.29 is 18.3 Å². The summed E-state index contributed by atoms with van der Waals surface area (Å²) in [6.45, 7) is 4.09. The third kappa shape index (κ3) is 5.13. The molecule has 0 spiro atoms. The molecule has 1 saturated carbocycles. The molecule has 0 saturated heterocycles. The van der Waals surface area contributed by atoms with Crippen molar-refractivity contribution in [1.29, 1.82) is 0 Å². The van der Waals surface area contributed by atoms with Crippen molar-refractivity contribution in [3.8, 4) is 11.5 Å². The maximum absolute atomic E-state index is 13.2. The normalized spacial score (nSPS) is 15.4. The lowest BCUT2D eigenvalue weighted by Gasteiger charge is -2.24. The Bertz CT molecular complexity index is 928. The summed E-state index contributed by atoms with van der Waals surface area (Å²) in [5.74, 6) is 0.962. The molecule has 0 aromatic heterocycles. The summed E-state index contributed by atoms with van der Waals surface area (Å²) >= 11 is 0. The Morgan fingerprint density at radius 1 is 0.897 bits per heavy atom. The van der Waals surface area contributed by atoms with Crippen molar-refractivity contribution in [2.24, 2.45) is 0 Å². The summed E-state index contributed by atoms with van der Waals surface area (Å²) in [4.78, 5) is 0.507. The van der Waals surface area contributed by atoms with Gasteiger partial charge >= 0.3 is 0 Å². The van der Waals surface area contributed by atoms with Crippen LogP contribution in [0.5, 0.6) is 11.5 Å². The highest BCUT2D eigenvalue weighted by atomic mass is 32.2. The third-order valence-corrected chi connectivity index (χ3v) is 7.34. The molecule has 0 unspecified atom stereocenters. The molecule has 1 aliphatic rings. The zero-order valence-electron chi connectivity index (χ0n) is 17.5. The first-order chi connectivity index (χ1) is 14.0. The minimum atomic E-state index is -3.65. The summed E-state index contributed by atoms with van der Waals surface area (Å²) in [7, 11) is -3.65. The topological polar surface area (TPSA) is 63.6 Å². The van der Waals surface area contributed by atoms with Crippen LogP contribution < -0.4 is 4.74 Å². The molecular formula is C24H32O4S. The molecule has 0 heterocycles. The van der Waals surface area contributed by atoms with Crippen molar-refractivity contribution in [1.82, 2.24) is 0 Å². The molecule has 3 rings (SSSR count). The van der Waals surface area contributed by atoms with Crippen LogP contribution in [-0.2, 0) is 22.7 Å². The second kappa shape index (κ2) is 9.66. The largest absolute Gasteiger partial charge is 0.508 e. The molecule has 0 radical (unpaired) electrons. The van der Waals surface area contributed by atoms with E-state index in [1.54, 1.807) is 18.2 Å². The minimum Gasteiger partial charge on any atom is -0.508 e. The lowest BCUT2D eigenvalue weighted by atomic mass is 9.97. The Morgan fingerprint density at radius 2 is 1.48 bits per heavy atom. The number of hydrogen-bond donors (Lipinski definition) is 1. The van der Waals surface area contributed by atoms with Gasteiger partial charge in [-0.2, -0.15) is 0 Å². The number of phenolic OH excluding ortho intramolecular Hbond substituents is 1. The van der Waals surface area contributed by atoms with Gasteiger partial charge in [0.05, 0.1) is 15.9 Å². The number of rotatable bonds is 8. The summed E-state index contributed by atoms with van der Waals surface area (Å²) in [6.07, 6.45) is 9.21. The fourth-order valence-electron chi connectivity index (χ4n) is 4.00. The van der Waals surface area contributed by atoms with Gasteiger partial charge in [-0.1, -0.05) is 33.1 Å². The molecule has 0 bridgehead atoms. The van der Waals surface area contributed by atoms with E-state index in [1.165, 1.54) is 31.4 Å². The van der Waals surface area contributed by atoms with Crippen LogP contribution in [0.15, 0.2) is 46.2 Å². The second-order valence-electron chi connectivity index (χ2n) is 7.94. The molecule has 0 aliphatic heterocycles. The quantitative estimate of drug-likeness (QED) is 0.587. The smallest absolute Gasteiger partial charge is 0.206 e. The Labute approximate surface area is 174 Å². The number of sulfone groups is 1. The number of hydrogen-bond acceptors (Lipinski definition) is 4. The monoisotopic (exact) mass is 416 g/mol. The van der Waals surface area contributed by atoms with Crippen LogP contribution in [0.4, 0.5) is 0 Å². The number of ether oxygens (including phenoxy) is 1. The highest BCUT2D eigenvalue weighted by Crippen LogP contribution is 2.32. The van der Waals surface area contributed by atoms with Crippen molar-refractivity contribution in [3.63, 3.8) is 0 Å². The lowest BCUT2D eigenvalue weighted by molar-refractivity contribution is 0.153. The average Bonchev–Trinajstić information content (AvgIpc) is 2.72. The second-order valence-corrected chi connectivity index (χ2v) is 9.89. The first-order valence-corrected chi connectivity index (χ1v) is 12.3. The Hall–Kier alpha value is -2.01. The molecule has 1 N–H and O–H groups in total. The first kappa shape index (κ1) is 21.7. The van der Waals surface area contributed by atoms with Gasteiger partial charge in [0.15, 0.2) is 0 Å². The number of aryl methyl sites for hydroxylation is 2. The van der Waals surface area contributed by atoms with E-state index < -0.39 is 9.84 Å². The van der Waals surface area contributed by atoms with Gasteiger partial charge in [0.25, 0.3) is 0 Å². The van der Waals surface area contributed by atoms with Crippen LogP contribution in [0.25, 0.3) is 0 Å². The molecule has 5 heteroatoms. The van der Waals surface area contributed by atoms with Crippen molar-refractivity contribution in [3.05, 3.63) is 47.5 Å². The molecule has 0 atom stereocenters. The summed E-state index contributed by atoms with van der Waals surface area (Å²) in [6, 6.07) is 9.80. The standard InChI is InChI=1S/C24H32O4S/c1-3-8-18-16-21(12-14-23(18)25)29(26,27)22-13-15-24(19(17-22)9-4-2)28-20-10-6-5-7-11-20/h12-17,20,25H,3-11H2,1-2H3. The Balaban J connectivity index is 1.92. The van der Waals surface area contributed by atoms with Crippen molar-refractivity contribution in [2.45, 2.75) is 87.5 Å². The van der Waals surface area contributed by atoms with Crippen LogP contribution in [0.2, 0.25) is 0 Å². The molecule has 2 aromatic rings. The third-order valence-electron chi connectivity index (χ3n) is 5.59. The van der Waals surface area contributed by atoms with Gasteiger partial charge in [0.1, 0.15) is 11.5 Å². The summed E-state index contributed by atoms with van der Waals surface area (Å²) in [5, 5.41) is 10.00. The zero-order chi connectivity index (χ0) is 20.9. The fraction of sp³-hybridized carbons (Fsp3) is 0.500. The highest BCUT2D eigenvalue weighted by molar-refractivity contribution is 7.91. The molecule has 1 fully saturated rings. The van der Waals surface area contributed by atoms with Gasteiger partial charge in [-0.15, -0.1) is 0 Å². The molecule has 4 nitrogen and oxygen atoms in total. The van der Waals surface area contributed by atoms with Crippen LogP contribution >= 0.6 is 0 Å². The van der Waals surface area contributed by atoms with E-state index in [1.807, 2.05) is 13.0 Å². The van der Waals surface area contributed by atoms with Gasteiger partial charge in [-0.3, -0.25) is 0 Å². The minimum absolute atomic E-state index is 0.147. The number of phenols is 1. The van der Waals surface area contributed by atoms with Crippen LogP contribution in [0.3, 0.4) is 0 Å². The van der Waals surface area contributed by atoms with Crippen molar-refractivity contribution >= 4 is 9.84 Å². The number of benzene rings is 2.